The highest BCUT2D eigenvalue weighted by Gasteiger charge is 2.01. The van der Waals surface area contributed by atoms with E-state index in [0.29, 0.717) is 19.6 Å². The van der Waals surface area contributed by atoms with Crippen LogP contribution >= 0.6 is 0 Å². The molecule has 0 saturated carbocycles. The molecule has 0 amide bonds. The highest BCUT2D eigenvalue weighted by molar-refractivity contribution is 5.48. The third kappa shape index (κ3) is 5.22. The topological polar surface area (TPSA) is 38.7 Å². The summed E-state index contributed by atoms with van der Waals surface area (Å²) in [7, 11) is 1.68. The Morgan fingerprint density at radius 1 is 1.28 bits per heavy atom. The van der Waals surface area contributed by atoms with Gasteiger partial charge in [-0.25, -0.2) is 0 Å². The molecule has 0 fully saturated rings. The molecule has 0 aliphatic rings. The summed E-state index contributed by atoms with van der Waals surface area (Å²) in [5.74, 6) is 6.74. The second-order valence-electron chi connectivity index (χ2n) is 3.97. The Labute approximate surface area is 109 Å². The predicted octanol–water partition coefficient (Wildman–Crippen LogP) is 2.14. The van der Waals surface area contributed by atoms with Gasteiger partial charge in [0.1, 0.15) is 5.75 Å². The molecule has 1 aromatic carbocycles. The molecule has 1 rings (SSSR count). The van der Waals surface area contributed by atoms with Crippen LogP contribution in [0.2, 0.25) is 0 Å². The van der Waals surface area contributed by atoms with Crippen molar-refractivity contribution in [2.24, 2.45) is 0 Å². The van der Waals surface area contributed by atoms with Crippen molar-refractivity contribution in [2.75, 3.05) is 26.9 Å². The lowest BCUT2D eigenvalue weighted by Gasteiger charge is -2.08. The Morgan fingerprint density at radius 3 is 2.83 bits per heavy atom. The van der Waals surface area contributed by atoms with Gasteiger partial charge in [0, 0.05) is 26.6 Å². The molecule has 3 nitrogen and oxygen atoms in total. The highest BCUT2D eigenvalue weighted by atomic mass is 16.5. The Morgan fingerprint density at radius 2 is 2.11 bits per heavy atom. The van der Waals surface area contributed by atoms with E-state index < -0.39 is 0 Å². The van der Waals surface area contributed by atoms with Gasteiger partial charge in [-0.1, -0.05) is 17.9 Å². The van der Waals surface area contributed by atoms with Crippen LogP contribution in [0.4, 0.5) is 0 Å². The van der Waals surface area contributed by atoms with Gasteiger partial charge >= 0.3 is 0 Å². The molecule has 0 bridgehead atoms. The first-order valence-corrected chi connectivity index (χ1v) is 6.10. The zero-order chi connectivity index (χ0) is 13.2. The fraction of sp³-hybridized carbons (Fsp3) is 0.467. The SMILES string of the molecule is COCCCOc1ccc(C)cc1C#CCCO. The van der Waals surface area contributed by atoms with Crippen molar-refractivity contribution < 1.29 is 14.6 Å². The van der Waals surface area contributed by atoms with E-state index in [1.165, 1.54) is 0 Å². The Bertz CT molecular complexity index is 415. The molecular weight excluding hydrogens is 228 g/mol. The molecule has 3 heteroatoms. The summed E-state index contributed by atoms with van der Waals surface area (Å²) in [4.78, 5) is 0. The monoisotopic (exact) mass is 248 g/mol. The molecule has 0 atom stereocenters. The third-order valence-electron chi connectivity index (χ3n) is 2.35. The molecule has 0 aliphatic heterocycles. The Kier molecular flexibility index (Phi) is 6.93. The average Bonchev–Trinajstić information content (AvgIpc) is 2.37. The first kappa shape index (κ1) is 14.6. The summed E-state index contributed by atoms with van der Waals surface area (Å²) in [6.07, 6.45) is 1.34. The maximum atomic E-state index is 8.72. The maximum absolute atomic E-state index is 8.72. The number of hydrogen-bond donors (Lipinski definition) is 1. The quantitative estimate of drug-likeness (QED) is 0.619. The minimum Gasteiger partial charge on any atom is -0.492 e. The average molecular weight is 248 g/mol. The minimum absolute atomic E-state index is 0.0862. The number of methoxy groups -OCH3 is 1. The van der Waals surface area contributed by atoms with Crippen LogP contribution in [-0.4, -0.2) is 32.0 Å². The zero-order valence-corrected chi connectivity index (χ0v) is 11.0. The van der Waals surface area contributed by atoms with Crippen molar-refractivity contribution >= 4 is 0 Å². The van der Waals surface area contributed by atoms with Gasteiger partial charge in [-0.05, 0) is 24.6 Å². The number of rotatable bonds is 6. The molecule has 98 valence electrons. The molecule has 18 heavy (non-hydrogen) atoms. The minimum atomic E-state index is 0.0862. The molecule has 0 unspecified atom stereocenters. The fourth-order valence-electron chi connectivity index (χ4n) is 1.47. The summed E-state index contributed by atoms with van der Waals surface area (Å²) in [5.41, 5.74) is 2.02. The second kappa shape index (κ2) is 8.57. The van der Waals surface area contributed by atoms with Gasteiger partial charge in [-0.15, -0.1) is 0 Å². The fourth-order valence-corrected chi connectivity index (χ4v) is 1.47. The van der Waals surface area contributed by atoms with E-state index in [2.05, 4.69) is 11.8 Å². The van der Waals surface area contributed by atoms with E-state index in [4.69, 9.17) is 14.6 Å². The van der Waals surface area contributed by atoms with E-state index in [1.54, 1.807) is 7.11 Å². The first-order chi connectivity index (χ1) is 8.77. The van der Waals surface area contributed by atoms with Gasteiger partial charge in [0.05, 0.1) is 18.8 Å². The Hall–Kier alpha value is -1.50. The van der Waals surface area contributed by atoms with Gasteiger partial charge in [-0.3, -0.25) is 0 Å². The van der Waals surface area contributed by atoms with Crippen LogP contribution in [0.1, 0.15) is 24.0 Å². The molecule has 0 aliphatic carbocycles. The molecule has 0 heterocycles. The van der Waals surface area contributed by atoms with Gasteiger partial charge in [0.2, 0.25) is 0 Å². The third-order valence-corrected chi connectivity index (χ3v) is 2.35. The van der Waals surface area contributed by atoms with Gasteiger partial charge < -0.3 is 14.6 Å². The summed E-state index contributed by atoms with van der Waals surface area (Å²) in [5, 5.41) is 8.72. The van der Waals surface area contributed by atoms with Crippen LogP contribution in [0.25, 0.3) is 0 Å². The molecule has 1 N–H and O–H groups in total. The van der Waals surface area contributed by atoms with E-state index in [0.717, 1.165) is 23.3 Å². The van der Waals surface area contributed by atoms with Crippen molar-refractivity contribution in [2.45, 2.75) is 19.8 Å². The number of hydrogen-bond acceptors (Lipinski definition) is 3. The summed E-state index contributed by atoms with van der Waals surface area (Å²) in [6, 6.07) is 5.93. The second-order valence-corrected chi connectivity index (χ2v) is 3.97. The molecule has 0 radical (unpaired) electrons. The summed E-state index contributed by atoms with van der Waals surface area (Å²) >= 11 is 0. The molecular formula is C15H20O3. The van der Waals surface area contributed by atoms with Crippen LogP contribution in [0.15, 0.2) is 18.2 Å². The number of aliphatic hydroxyl groups excluding tert-OH is 1. The van der Waals surface area contributed by atoms with E-state index in [-0.39, 0.29) is 6.61 Å². The number of ether oxygens (including phenoxy) is 2. The molecule has 0 saturated heterocycles. The molecule has 0 aromatic heterocycles. The molecule has 1 aromatic rings. The molecule has 0 spiro atoms. The predicted molar refractivity (Wildman–Crippen MR) is 71.7 cm³/mol. The van der Waals surface area contributed by atoms with Crippen molar-refractivity contribution in [3.05, 3.63) is 29.3 Å². The standard InChI is InChI=1S/C15H20O3/c1-13-7-8-15(18-11-5-10-17-2)14(12-13)6-3-4-9-16/h7-8,12,16H,4-5,9-11H2,1-2H3. The van der Waals surface area contributed by atoms with Crippen LogP contribution in [0, 0.1) is 18.8 Å². The lowest BCUT2D eigenvalue weighted by atomic mass is 10.1. The summed E-state index contributed by atoms with van der Waals surface area (Å²) in [6.45, 7) is 3.41. The van der Waals surface area contributed by atoms with Crippen LogP contribution in [0.3, 0.4) is 0 Å². The van der Waals surface area contributed by atoms with Crippen LogP contribution < -0.4 is 4.74 Å². The number of aliphatic hydroxyl groups is 1. The Balaban J connectivity index is 2.68. The van der Waals surface area contributed by atoms with E-state index in [1.807, 2.05) is 25.1 Å². The summed E-state index contributed by atoms with van der Waals surface area (Å²) < 4.78 is 10.7. The maximum Gasteiger partial charge on any atom is 0.134 e. The first-order valence-electron chi connectivity index (χ1n) is 6.10. The lowest BCUT2D eigenvalue weighted by molar-refractivity contribution is 0.172. The van der Waals surface area contributed by atoms with Crippen molar-refractivity contribution in [3.8, 4) is 17.6 Å². The van der Waals surface area contributed by atoms with Crippen molar-refractivity contribution in [1.82, 2.24) is 0 Å². The van der Waals surface area contributed by atoms with Gasteiger partial charge in [0.25, 0.3) is 0 Å². The van der Waals surface area contributed by atoms with Crippen LogP contribution in [0.5, 0.6) is 5.75 Å². The van der Waals surface area contributed by atoms with E-state index in [9.17, 15) is 0 Å². The number of benzene rings is 1. The smallest absolute Gasteiger partial charge is 0.134 e. The van der Waals surface area contributed by atoms with Gasteiger partial charge in [-0.2, -0.15) is 0 Å². The van der Waals surface area contributed by atoms with Crippen molar-refractivity contribution in [3.63, 3.8) is 0 Å². The van der Waals surface area contributed by atoms with Gasteiger partial charge in [0.15, 0.2) is 0 Å². The van der Waals surface area contributed by atoms with Crippen molar-refractivity contribution in [1.29, 1.82) is 0 Å². The largest absolute Gasteiger partial charge is 0.492 e. The number of aryl methyl sites for hydroxylation is 1. The zero-order valence-electron chi connectivity index (χ0n) is 11.0. The van der Waals surface area contributed by atoms with Crippen LogP contribution in [-0.2, 0) is 4.74 Å². The normalized spacial score (nSPS) is 9.72. The lowest BCUT2D eigenvalue weighted by Crippen LogP contribution is -2.02. The highest BCUT2D eigenvalue weighted by Crippen LogP contribution is 2.19. The van der Waals surface area contributed by atoms with E-state index >= 15 is 0 Å².